The van der Waals surface area contributed by atoms with Gasteiger partial charge in [0.2, 0.25) is 0 Å². The van der Waals surface area contributed by atoms with E-state index in [1.807, 2.05) is 18.2 Å². The van der Waals surface area contributed by atoms with Gasteiger partial charge in [0, 0.05) is 17.3 Å². The summed E-state index contributed by atoms with van der Waals surface area (Å²) in [6.07, 6.45) is 0.832. The van der Waals surface area contributed by atoms with E-state index in [0.717, 1.165) is 24.4 Å². The first-order valence-electron chi connectivity index (χ1n) is 6.12. The van der Waals surface area contributed by atoms with Gasteiger partial charge in [-0.25, -0.2) is 4.39 Å². The Morgan fingerprint density at radius 3 is 2.63 bits per heavy atom. The molecule has 2 nitrogen and oxygen atoms in total. The summed E-state index contributed by atoms with van der Waals surface area (Å²) in [5.74, 6) is 0.567. The highest BCUT2D eigenvalue weighted by atomic mass is 35.5. The Morgan fingerprint density at radius 2 is 1.89 bits per heavy atom. The van der Waals surface area contributed by atoms with Gasteiger partial charge in [0.05, 0.1) is 6.61 Å². The van der Waals surface area contributed by atoms with Crippen LogP contribution in [0.3, 0.4) is 0 Å². The van der Waals surface area contributed by atoms with Crippen LogP contribution in [-0.2, 0) is 0 Å². The van der Waals surface area contributed by atoms with Crippen LogP contribution in [0.4, 0.5) is 10.1 Å². The molecule has 1 N–H and O–H groups in total. The normalized spacial score (nSPS) is 10.2. The molecule has 0 heterocycles. The first-order chi connectivity index (χ1) is 9.24. The maximum atomic E-state index is 12.9. The van der Waals surface area contributed by atoms with Crippen molar-refractivity contribution in [3.63, 3.8) is 0 Å². The molecule has 0 saturated carbocycles. The van der Waals surface area contributed by atoms with E-state index < -0.39 is 0 Å². The SMILES string of the molecule is Fc1cccc(NCCCOc2ccc(Cl)cc2)c1. The first-order valence-corrected chi connectivity index (χ1v) is 6.50. The minimum absolute atomic E-state index is 0.234. The number of rotatable bonds is 6. The second-order valence-electron chi connectivity index (χ2n) is 4.09. The molecular formula is C15H15ClFNO. The van der Waals surface area contributed by atoms with Crippen LogP contribution in [0.1, 0.15) is 6.42 Å². The van der Waals surface area contributed by atoms with Gasteiger partial charge in [-0.3, -0.25) is 0 Å². The Hall–Kier alpha value is -1.74. The summed E-state index contributed by atoms with van der Waals surface area (Å²) < 4.78 is 18.5. The molecule has 0 atom stereocenters. The highest BCUT2D eigenvalue weighted by molar-refractivity contribution is 6.30. The molecule has 0 fully saturated rings. The predicted molar refractivity (Wildman–Crippen MR) is 76.5 cm³/mol. The molecule has 0 radical (unpaired) electrons. The van der Waals surface area contributed by atoms with Gasteiger partial charge in [-0.1, -0.05) is 17.7 Å². The highest BCUT2D eigenvalue weighted by Gasteiger charge is 1.96. The third kappa shape index (κ3) is 4.79. The minimum atomic E-state index is -0.234. The number of nitrogens with one attached hydrogen (secondary N) is 1. The zero-order valence-corrected chi connectivity index (χ0v) is 11.2. The van der Waals surface area contributed by atoms with Gasteiger partial charge in [0.25, 0.3) is 0 Å². The molecule has 2 rings (SSSR count). The monoisotopic (exact) mass is 279 g/mol. The average Bonchev–Trinajstić information content (AvgIpc) is 2.41. The van der Waals surface area contributed by atoms with Gasteiger partial charge in [-0.05, 0) is 48.9 Å². The Labute approximate surface area is 117 Å². The number of anilines is 1. The van der Waals surface area contributed by atoms with E-state index in [1.165, 1.54) is 12.1 Å². The number of ether oxygens (including phenoxy) is 1. The number of hydrogen-bond donors (Lipinski definition) is 1. The maximum Gasteiger partial charge on any atom is 0.125 e. The highest BCUT2D eigenvalue weighted by Crippen LogP contribution is 2.15. The van der Waals surface area contributed by atoms with Crippen LogP contribution in [0.2, 0.25) is 5.02 Å². The lowest BCUT2D eigenvalue weighted by molar-refractivity contribution is 0.315. The van der Waals surface area contributed by atoms with E-state index in [4.69, 9.17) is 16.3 Å². The lowest BCUT2D eigenvalue weighted by Crippen LogP contribution is -2.07. The van der Waals surface area contributed by atoms with Crippen LogP contribution >= 0.6 is 11.6 Å². The van der Waals surface area contributed by atoms with Gasteiger partial charge in [-0.2, -0.15) is 0 Å². The Morgan fingerprint density at radius 1 is 1.11 bits per heavy atom. The molecule has 100 valence electrons. The molecule has 0 aromatic heterocycles. The van der Waals surface area contributed by atoms with Gasteiger partial charge < -0.3 is 10.1 Å². The van der Waals surface area contributed by atoms with Gasteiger partial charge in [0.15, 0.2) is 0 Å². The van der Waals surface area contributed by atoms with Gasteiger partial charge >= 0.3 is 0 Å². The largest absolute Gasteiger partial charge is 0.494 e. The number of benzene rings is 2. The summed E-state index contributed by atoms with van der Waals surface area (Å²) >= 11 is 5.78. The van der Waals surface area contributed by atoms with Crippen LogP contribution in [0.5, 0.6) is 5.75 Å². The minimum Gasteiger partial charge on any atom is -0.494 e. The fourth-order valence-electron chi connectivity index (χ4n) is 1.62. The Balaban J connectivity index is 1.66. The summed E-state index contributed by atoms with van der Waals surface area (Å²) in [6, 6.07) is 13.7. The molecule has 0 aliphatic heterocycles. The molecule has 0 aliphatic carbocycles. The smallest absolute Gasteiger partial charge is 0.125 e. The second-order valence-corrected chi connectivity index (χ2v) is 4.53. The van der Waals surface area contributed by atoms with Crippen molar-refractivity contribution < 1.29 is 9.13 Å². The molecule has 0 amide bonds. The molecular weight excluding hydrogens is 265 g/mol. The van der Waals surface area contributed by atoms with Crippen molar-refractivity contribution in [1.29, 1.82) is 0 Å². The van der Waals surface area contributed by atoms with Crippen LogP contribution in [-0.4, -0.2) is 13.2 Å². The predicted octanol–water partition coefficient (Wildman–Crippen LogP) is 4.36. The van der Waals surface area contributed by atoms with Crippen molar-refractivity contribution in [2.24, 2.45) is 0 Å². The topological polar surface area (TPSA) is 21.3 Å². The zero-order chi connectivity index (χ0) is 13.5. The summed E-state index contributed by atoms with van der Waals surface area (Å²) in [4.78, 5) is 0. The molecule has 0 saturated heterocycles. The molecule has 2 aromatic rings. The van der Waals surface area contributed by atoms with Crippen molar-refractivity contribution in [3.8, 4) is 5.75 Å². The summed E-state index contributed by atoms with van der Waals surface area (Å²) in [5.41, 5.74) is 0.784. The van der Waals surface area contributed by atoms with Gasteiger partial charge in [0.1, 0.15) is 11.6 Å². The lowest BCUT2D eigenvalue weighted by Gasteiger charge is -2.08. The summed E-state index contributed by atoms with van der Waals surface area (Å²) in [7, 11) is 0. The fourth-order valence-corrected chi connectivity index (χ4v) is 1.75. The summed E-state index contributed by atoms with van der Waals surface area (Å²) in [6.45, 7) is 1.33. The Kier molecular flexibility index (Phi) is 5.04. The van der Waals surface area contributed by atoms with Crippen LogP contribution in [0.25, 0.3) is 0 Å². The molecule has 0 unspecified atom stereocenters. The maximum absolute atomic E-state index is 12.9. The number of hydrogen-bond acceptors (Lipinski definition) is 2. The Bertz CT molecular complexity index is 516. The van der Waals surface area contributed by atoms with Gasteiger partial charge in [-0.15, -0.1) is 0 Å². The van der Waals surface area contributed by atoms with Crippen molar-refractivity contribution in [2.75, 3.05) is 18.5 Å². The summed E-state index contributed by atoms with van der Waals surface area (Å²) in [5, 5.41) is 3.83. The van der Waals surface area contributed by atoms with E-state index in [2.05, 4.69) is 5.32 Å². The van der Waals surface area contributed by atoms with E-state index in [1.54, 1.807) is 18.2 Å². The van der Waals surface area contributed by atoms with Crippen LogP contribution in [0.15, 0.2) is 48.5 Å². The fraction of sp³-hybridized carbons (Fsp3) is 0.200. The van der Waals surface area contributed by atoms with Crippen LogP contribution in [0, 0.1) is 5.82 Å². The third-order valence-electron chi connectivity index (χ3n) is 2.56. The number of halogens is 2. The van der Waals surface area contributed by atoms with Crippen molar-refractivity contribution in [3.05, 3.63) is 59.4 Å². The van der Waals surface area contributed by atoms with Crippen molar-refractivity contribution in [2.45, 2.75) is 6.42 Å². The molecule has 0 aliphatic rings. The van der Waals surface area contributed by atoms with E-state index in [9.17, 15) is 4.39 Å². The van der Waals surface area contributed by atoms with E-state index in [0.29, 0.717) is 11.6 Å². The second kappa shape index (κ2) is 7.00. The van der Waals surface area contributed by atoms with Crippen molar-refractivity contribution >= 4 is 17.3 Å². The molecule has 2 aromatic carbocycles. The lowest BCUT2D eigenvalue weighted by atomic mass is 10.3. The van der Waals surface area contributed by atoms with Crippen molar-refractivity contribution in [1.82, 2.24) is 0 Å². The molecule has 0 bridgehead atoms. The van der Waals surface area contributed by atoms with Crippen LogP contribution < -0.4 is 10.1 Å². The average molecular weight is 280 g/mol. The molecule has 4 heteroatoms. The third-order valence-corrected chi connectivity index (χ3v) is 2.81. The molecule has 0 spiro atoms. The standard InChI is InChI=1S/C15H15ClFNO/c16-12-5-7-15(8-6-12)19-10-2-9-18-14-4-1-3-13(17)11-14/h1,3-8,11,18H,2,9-10H2. The molecule has 19 heavy (non-hydrogen) atoms. The van der Waals surface area contributed by atoms with E-state index >= 15 is 0 Å². The quantitative estimate of drug-likeness (QED) is 0.793. The zero-order valence-electron chi connectivity index (χ0n) is 10.4. The van der Waals surface area contributed by atoms with E-state index in [-0.39, 0.29) is 5.82 Å². The first kappa shape index (κ1) is 13.7.